The summed E-state index contributed by atoms with van der Waals surface area (Å²) >= 11 is 0. The highest BCUT2D eigenvalue weighted by Crippen LogP contribution is 2.39. The van der Waals surface area contributed by atoms with Crippen molar-refractivity contribution in [2.75, 3.05) is 6.54 Å². The first-order valence-electron chi connectivity index (χ1n) is 6.90. The van der Waals surface area contributed by atoms with Crippen LogP contribution in [-0.2, 0) is 10.0 Å². The standard InChI is InChI=1S/C14H19NO3S/c16-12-6-2-7-13(10-12)19(17,18)15-9-3-5-11-4-1-8-14(11)15/h2,6-7,10-11,14,16H,1,3-5,8-9H2. The fourth-order valence-electron chi connectivity index (χ4n) is 3.49. The summed E-state index contributed by atoms with van der Waals surface area (Å²) in [6.07, 6.45) is 5.34. The van der Waals surface area contributed by atoms with Crippen molar-refractivity contribution in [1.29, 1.82) is 0 Å². The van der Waals surface area contributed by atoms with Crippen LogP contribution < -0.4 is 0 Å². The van der Waals surface area contributed by atoms with E-state index in [4.69, 9.17) is 0 Å². The van der Waals surface area contributed by atoms with Crippen LogP contribution in [0.5, 0.6) is 5.75 Å². The van der Waals surface area contributed by atoms with Crippen molar-refractivity contribution in [3.05, 3.63) is 24.3 Å². The summed E-state index contributed by atoms with van der Waals surface area (Å²) in [7, 11) is -3.47. The molecule has 1 aromatic rings. The van der Waals surface area contributed by atoms with Gasteiger partial charge in [0.25, 0.3) is 0 Å². The maximum atomic E-state index is 12.7. The van der Waals surface area contributed by atoms with Gasteiger partial charge in [-0.2, -0.15) is 4.31 Å². The molecule has 1 aliphatic heterocycles. The lowest BCUT2D eigenvalue weighted by Gasteiger charge is -2.36. The lowest BCUT2D eigenvalue weighted by Crippen LogP contribution is -2.46. The Morgan fingerprint density at radius 2 is 1.95 bits per heavy atom. The number of hydrogen-bond donors (Lipinski definition) is 1. The third-order valence-electron chi connectivity index (χ3n) is 4.37. The summed E-state index contributed by atoms with van der Waals surface area (Å²) in [6, 6.07) is 6.15. The van der Waals surface area contributed by atoms with E-state index in [1.165, 1.54) is 12.1 Å². The molecule has 0 amide bonds. The zero-order chi connectivity index (χ0) is 13.5. The Kier molecular flexibility index (Phi) is 3.27. The molecule has 1 saturated carbocycles. The van der Waals surface area contributed by atoms with Crippen LogP contribution in [0.15, 0.2) is 29.2 Å². The van der Waals surface area contributed by atoms with Gasteiger partial charge in [0.05, 0.1) is 4.90 Å². The number of sulfonamides is 1. The van der Waals surface area contributed by atoms with Crippen LogP contribution in [0.4, 0.5) is 0 Å². The minimum absolute atomic E-state index is 0.000978. The molecule has 1 aliphatic carbocycles. The van der Waals surface area contributed by atoms with E-state index >= 15 is 0 Å². The van der Waals surface area contributed by atoms with Gasteiger partial charge in [0.2, 0.25) is 10.0 Å². The van der Waals surface area contributed by atoms with E-state index in [1.54, 1.807) is 16.4 Å². The largest absolute Gasteiger partial charge is 0.508 e. The minimum atomic E-state index is -3.47. The number of phenols is 1. The van der Waals surface area contributed by atoms with Crippen LogP contribution in [-0.4, -0.2) is 30.4 Å². The maximum Gasteiger partial charge on any atom is 0.243 e. The van der Waals surface area contributed by atoms with E-state index in [1.807, 2.05) is 0 Å². The first kappa shape index (κ1) is 12.9. The number of piperidine rings is 1. The molecule has 2 unspecified atom stereocenters. The molecule has 1 N–H and O–H groups in total. The van der Waals surface area contributed by atoms with Gasteiger partial charge in [0.15, 0.2) is 0 Å². The van der Waals surface area contributed by atoms with Gasteiger partial charge in [-0.1, -0.05) is 12.5 Å². The number of rotatable bonds is 2. The van der Waals surface area contributed by atoms with Crippen LogP contribution in [0, 0.1) is 5.92 Å². The van der Waals surface area contributed by atoms with Crippen molar-refractivity contribution in [3.8, 4) is 5.75 Å². The molecule has 104 valence electrons. The lowest BCUT2D eigenvalue weighted by molar-refractivity contribution is 0.202. The fraction of sp³-hybridized carbons (Fsp3) is 0.571. The van der Waals surface area contributed by atoms with Crippen LogP contribution in [0.2, 0.25) is 0 Å². The Hall–Kier alpha value is -1.07. The molecule has 2 atom stereocenters. The van der Waals surface area contributed by atoms with Crippen molar-refractivity contribution in [1.82, 2.24) is 4.31 Å². The normalized spacial score (nSPS) is 28.2. The second kappa shape index (κ2) is 4.80. The molecule has 3 rings (SSSR count). The highest BCUT2D eigenvalue weighted by molar-refractivity contribution is 7.89. The Labute approximate surface area is 114 Å². The quantitative estimate of drug-likeness (QED) is 0.905. The molecule has 19 heavy (non-hydrogen) atoms. The number of phenolic OH excluding ortho intramolecular Hbond substituents is 1. The van der Waals surface area contributed by atoms with Crippen molar-refractivity contribution < 1.29 is 13.5 Å². The Morgan fingerprint density at radius 3 is 2.74 bits per heavy atom. The first-order chi connectivity index (χ1) is 9.09. The highest BCUT2D eigenvalue weighted by atomic mass is 32.2. The van der Waals surface area contributed by atoms with Gasteiger partial charge < -0.3 is 5.11 Å². The van der Waals surface area contributed by atoms with Crippen LogP contribution in [0.3, 0.4) is 0 Å². The van der Waals surface area contributed by atoms with Gasteiger partial charge in [0.1, 0.15) is 5.75 Å². The van der Waals surface area contributed by atoms with E-state index in [-0.39, 0.29) is 16.7 Å². The van der Waals surface area contributed by atoms with Crippen molar-refractivity contribution in [3.63, 3.8) is 0 Å². The monoisotopic (exact) mass is 281 g/mol. The summed E-state index contributed by atoms with van der Waals surface area (Å²) in [4.78, 5) is 0.208. The van der Waals surface area contributed by atoms with Crippen molar-refractivity contribution in [2.45, 2.75) is 43.0 Å². The number of nitrogens with zero attached hydrogens (tertiary/aromatic N) is 1. The predicted octanol–water partition coefficient (Wildman–Crippen LogP) is 2.35. The predicted molar refractivity (Wildman–Crippen MR) is 72.4 cm³/mol. The smallest absolute Gasteiger partial charge is 0.243 e. The number of benzene rings is 1. The third kappa shape index (κ3) is 2.25. The molecule has 2 fully saturated rings. The zero-order valence-corrected chi connectivity index (χ0v) is 11.6. The molecule has 2 aliphatic rings. The summed E-state index contributed by atoms with van der Waals surface area (Å²) in [5.41, 5.74) is 0. The molecule has 0 radical (unpaired) electrons. The summed E-state index contributed by atoms with van der Waals surface area (Å²) in [5, 5.41) is 9.48. The average Bonchev–Trinajstić information content (AvgIpc) is 2.86. The van der Waals surface area contributed by atoms with E-state index in [0.717, 1.165) is 32.1 Å². The Balaban J connectivity index is 1.95. The minimum Gasteiger partial charge on any atom is -0.508 e. The Morgan fingerprint density at radius 1 is 1.16 bits per heavy atom. The molecule has 5 heteroatoms. The Bertz CT molecular complexity index is 570. The molecular formula is C14H19NO3S. The van der Waals surface area contributed by atoms with E-state index < -0.39 is 10.0 Å². The summed E-state index contributed by atoms with van der Waals surface area (Å²) in [6.45, 7) is 0.610. The molecular weight excluding hydrogens is 262 g/mol. The summed E-state index contributed by atoms with van der Waals surface area (Å²) < 4.78 is 27.1. The average molecular weight is 281 g/mol. The van der Waals surface area contributed by atoms with Gasteiger partial charge in [0, 0.05) is 12.6 Å². The number of hydrogen-bond acceptors (Lipinski definition) is 3. The highest BCUT2D eigenvalue weighted by Gasteiger charge is 2.41. The number of fused-ring (bicyclic) bond motifs is 1. The molecule has 4 nitrogen and oxygen atoms in total. The van der Waals surface area contributed by atoms with Gasteiger partial charge in [-0.15, -0.1) is 0 Å². The van der Waals surface area contributed by atoms with E-state index in [9.17, 15) is 13.5 Å². The van der Waals surface area contributed by atoms with Gasteiger partial charge in [-0.05, 0) is 49.8 Å². The molecule has 1 heterocycles. The van der Waals surface area contributed by atoms with Crippen LogP contribution >= 0.6 is 0 Å². The second-order valence-corrected chi connectivity index (χ2v) is 7.40. The zero-order valence-electron chi connectivity index (χ0n) is 10.8. The van der Waals surface area contributed by atoms with Crippen molar-refractivity contribution in [2.24, 2.45) is 5.92 Å². The molecule has 1 saturated heterocycles. The second-order valence-electron chi connectivity index (χ2n) is 5.51. The van der Waals surface area contributed by atoms with E-state index in [2.05, 4.69) is 0 Å². The third-order valence-corrected chi connectivity index (χ3v) is 6.29. The molecule has 1 aromatic carbocycles. The van der Waals surface area contributed by atoms with E-state index in [0.29, 0.717) is 12.5 Å². The topological polar surface area (TPSA) is 57.6 Å². The SMILES string of the molecule is O=S(=O)(c1cccc(O)c1)N1CCCC2CCCC21. The van der Waals surface area contributed by atoms with Gasteiger partial charge >= 0.3 is 0 Å². The molecule has 0 aromatic heterocycles. The van der Waals surface area contributed by atoms with Gasteiger partial charge in [-0.25, -0.2) is 8.42 Å². The van der Waals surface area contributed by atoms with Crippen LogP contribution in [0.25, 0.3) is 0 Å². The van der Waals surface area contributed by atoms with Gasteiger partial charge in [-0.3, -0.25) is 0 Å². The van der Waals surface area contributed by atoms with Crippen molar-refractivity contribution >= 4 is 10.0 Å². The molecule has 0 bridgehead atoms. The molecule has 0 spiro atoms. The first-order valence-corrected chi connectivity index (χ1v) is 8.34. The number of aromatic hydroxyl groups is 1. The van der Waals surface area contributed by atoms with Crippen LogP contribution in [0.1, 0.15) is 32.1 Å². The lowest BCUT2D eigenvalue weighted by atomic mass is 9.94. The summed E-state index contributed by atoms with van der Waals surface area (Å²) in [5.74, 6) is 0.530. The maximum absolute atomic E-state index is 12.7. The fourth-order valence-corrected chi connectivity index (χ4v) is 5.28.